The fourth-order valence-electron chi connectivity index (χ4n) is 4.66. The maximum absolute atomic E-state index is 12.6. The van der Waals surface area contributed by atoms with Crippen molar-refractivity contribution in [2.75, 3.05) is 59.5 Å². The molecule has 0 radical (unpaired) electrons. The molecule has 9 heteroatoms. The van der Waals surface area contributed by atoms with Crippen LogP contribution in [0.15, 0.2) is 24.3 Å². The number of β-amino-alcohol motifs (C(OH)–C–C–N with tert-alkyl or cyclic N) is 1. The van der Waals surface area contributed by atoms with E-state index in [4.69, 9.17) is 27.9 Å². The van der Waals surface area contributed by atoms with Crippen LogP contribution < -0.4 is 0 Å². The lowest BCUT2D eigenvalue weighted by atomic mass is 9.96. The highest BCUT2D eigenvalue weighted by Crippen LogP contribution is 2.23. The molecule has 0 aromatic heterocycles. The summed E-state index contributed by atoms with van der Waals surface area (Å²) < 4.78 is 5.25. The summed E-state index contributed by atoms with van der Waals surface area (Å²) >= 11 is 12.0. The highest BCUT2D eigenvalue weighted by molar-refractivity contribution is 6.42. The van der Waals surface area contributed by atoms with Crippen LogP contribution in [0.4, 0.5) is 0 Å². The number of unbranched alkanes of at least 4 members (excludes halogenated alkanes) is 1. The molecular weight excluding hydrogens is 477 g/mol. The number of likely N-dealkylation sites (tertiary alicyclic amines) is 1. The predicted molar refractivity (Wildman–Crippen MR) is 135 cm³/mol. The molecule has 2 aliphatic rings. The lowest BCUT2D eigenvalue weighted by Gasteiger charge is -2.35. The minimum Gasteiger partial charge on any atom is -0.392 e. The normalized spacial score (nSPS) is 22.4. The number of ether oxygens (including phenoxy) is 1. The van der Waals surface area contributed by atoms with E-state index in [-0.39, 0.29) is 17.9 Å². The number of carbonyl (C=O) groups excluding carboxylic acids is 2. The van der Waals surface area contributed by atoms with Crippen LogP contribution in [-0.2, 0) is 14.3 Å². The van der Waals surface area contributed by atoms with Crippen LogP contribution >= 0.6 is 23.2 Å². The Kier molecular flexibility index (Phi) is 10.7. The van der Waals surface area contributed by atoms with Crippen molar-refractivity contribution in [1.29, 1.82) is 0 Å². The van der Waals surface area contributed by atoms with Gasteiger partial charge in [0, 0.05) is 58.9 Å². The number of methoxy groups -OCH3 is 1. The van der Waals surface area contributed by atoms with E-state index in [1.54, 1.807) is 36.3 Å². The Morgan fingerprint density at radius 2 is 1.94 bits per heavy atom. The SMILES string of the molecule is COCC1CC(O)CN(CCCCN2CCN(C(=O)/C=C/c3ccc(Cl)c(Cl)c3)CCC2=O)C1. The van der Waals surface area contributed by atoms with Gasteiger partial charge in [-0.05, 0) is 55.5 Å². The van der Waals surface area contributed by atoms with Crippen LogP contribution in [0.2, 0.25) is 10.0 Å². The monoisotopic (exact) mass is 511 g/mol. The Morgan fingerprint density at radius 3 is 2.71 bits per heavy atom. The molecule has 2 unspecified atom stereocenters. The lowest BCUT2D eigenvalue weighted by Crippen LogP contribution is -2.44. The van der Waals surface area contributed by atoms with Crippen molar-refractivity contribution in [3.63, 3.8) is 0 Å². The quantitative estimate of drug-likeness (QED) is 0.407. The number of hydrogen-bond donors (Lipinski definition) is 1. The van der Waals surface area contributed by atoms with E-state index in [2.05, 4.69) is 4.90 Å². The third-order valence-electron chi connectivity index (χ3n) is 6.41. The van der Waals surface area contributed by atoms with Gasteiger partial charge in [-0.2, -0.15) is 0 Å². The van der Waals surface area contributed by atoms with Crippen molar-refractivity contribution in [1.82, 2.24) is 14.7 Å². The van der Waals surface area contributed by atoms with E-state index in [9.17, 15) is 14.7 Å². The fraction of sp³-hybridized carbons (Fsp3) is 0.600. The molecule has 0 bridgehead atoms. The Labute approximate surface area is 212 Å². The molecule has 2 amide bonds. The summed E-state index contributed by atoms with van der Waals surface area (Å²) in [5.74, 6) is 0.350. The largest absolute Gasteiger partial charge is 0.392 e. The summed E-state index contributed by atoms with van der Waals surface area (Å²) in [6, 6.07) is 5.21. The zero-order valence-corrected chi connectivity index (χ0v) is 21.3. The molecular formula is C25H35Cl2N3O4. The Balaban J connectivity index is 1.41. The van der Waals surface area contributed by atoms with Crippen molar-refractivity contribution in [3.8, 4) is 0 Å². The van der Waals surface area contributed by atoms with Gasteiger partial charge in [0.05, 0.1) is 22.8 Å². The van der Waals surface area contributed by atoms with Crippen molar-refractivity contribution in [2.24, 2.45) is 5.92 Å². The molecule has 34 heavy (non-hydrogen) atoms. The Bertz CT molecular complexity index is 867. The molecule has 2 fully saturated rings. The maximum atomic E-state index is 12.6. The molecule has 2 saturated heterocycles. The zero-order chi connectivity index (χ0) is 24.5. The minimum atomic E-state index is -0.296. The van der Waals surface area contributed by atoms with Gasteiger partial charge in [-0.25, -0.2) is 0 Å². The standard InChI is InChI=1S/C25H35Cl2N3O4/c1-34-18-20-14-21(31)17-28(16-20)9-2-3-10-29-12-13-30(11-8-25(29)33)24(32)7-5-19-4-6-22(26)23(27)15-19/h4-7,15,20-21,31H,2-3,8-14,16-18H2,1H3/b7-5+. The average molecular weight is 512 g/mol. The molecule has 1 aromatic rings. The first-order chi connectivity index (χ1) is 16.4. The number of halogens is 2. The van der Waals surface area contributed by atoms with Crippen LogP contribution in [0.5, 0.6) is 0 Å². The van der Waals surface area contributed by atoms with Crippen LogP contribution in [0.3, 0.4) is 0 Å². The maximum Gasteiger partial charge on any atom is 0.246 e. The zero-order valence-electron chi connectivity index (χ0n) is 19.8. The molecule has 2 heterocycles. The van der Waals surface area contributed by atoms with Crippen molar-refractivity contribution in [3.05, 3.63) is 39.9 Å². The van der Waals surface area contributed by atoms with Gasteiger partial charge in [-0.1, -0.05) is 29.3 Å². The van der Waals surface area contributed by atoms with Gasteiger partial charge in [0.15, 0.2) is 0 Å². The van der Waals surface area contributed by atoms with E-state index < -0.39 is 0 Å². The van der Waals surface area contributed by atoms with E-state index in [0.717, 1.165) is 37.9 Å². The van der Waals surface area contributed by atoms with E-state index in [1.807, 2.05) is 4.90 Å². The first kappa shape index (κ1) is 27.0. The summed E-state index contributed by atoms with van der Waals surface area (Å²) in [4.78, 5) is 31.1. The molecule has 2 aliphatic heterocycles. The van der Waals surface area contributed by atoms with Gasteiger partial charge in [-0.15, -0.1) is 0 Å². The first-order valence-electron chi connectivity index (χ1n) is 11.9. The summed E-state index contributed by atoms with van der Waals surface area (Å²) in [7, 11) is 1.70. The number of piperidine rings is 1. The van der Waals surface area contributed by atoms with Gasteiger partial charge in [0.25, 0.3) is 0 Å². The van der Waals surface area contributed by atoms with Gasteiger partial charge < -0.3 is 24.5 Å². The number of benzene rings is 1. The molecule has 1 aromatic carbocycles. The van der Waals surface area contributed by atoms with Gasteiger partial charge in [0.2, 0.25) is 11.8 Å². The summed E-state index contributed by atoms with van der Waals surface area (Å²) in [6.45, 7) is 5.41. The fourth-order valence-corrected chi connectivity index (χ4v) is 4.97. The van der Waals surface area contributed by atoms with E-state index in [0.29, 0.717) is 61.7 Å². The third-order valence-corrected chi connectivity index (χ3v) is 7.15. The van der Waals surface area contributed by atoms with Crippen LogP contribution in [0.1, 0.15) is 31.2 Å². The second-order valence-electron chi connectivity index (χ2n) is 9.14. The number of hydrogen-bond acceptors (Lipinski definition) is 5. The second-order valence-corrected chi connectivity index (χ2v) is 9.95. The van der Waals surface area contributed by atoms with Crippen molar-refractivity contribution in [2.45, 2.75) is 31.8 Å². The molecule has 1 N–H and O–H groups in total. The van der Waals surface area contributed by atoms with Gasteiger partial charge >= 0.3 is 0 Å². The van der Waals surface area contributed by atoms with E-state index in [1.165, 1.54) is 6.08 Å². The highest BCUT2D eigenvalue weighted by Gasteiger charge is 2.26. The lowest BCUT2D eigenvalue weighted by molar-refractivity contribution is -0.130. The van der Waals surface area contributed by atoms with Crippen molar-refractivity contribution >= 4 is 41.1 Å². The highest BCUT2D eigenvalue weighted by atomic mass is 35.5. The van der Waals surface area contributed by atoms with E-state index >= 15 is 0 Å². The van der Waals surface area contributed by atoms with Gasteiger partial charge in [0.1, 0.15) is 0 Å². The Hall–Kier alpha value is -1.64. The smallest absolute Gasteiger partial charge is 0.246 e. The van der Waals surface area contributed by atoms with Crippen LogP contribution in [0.25, 0.3) is 6.08 Å². The summed E-state index contributed by atoms with van der Waals surface area (Å²) in [5.41, 5.74) is 0.796. The molecule has 3 rings (SSSR count). The predicted octanol–water partition coefficient (Wildman–Crippen LogP) is 3.18. The molecule has 188 valence electrons. The van der Waals surface area contributed by atoms with Crippen LogP contribution in [-0.4, -0.2) is 97.3 Å². The molecule has 7 nitrogen and oxygen atoms in total. The Morgan fingerprint density at radius 1 is 1.15 bits per heavy atom. The molecule has 0 saturated carbocycles. The first-order valence-corrected chi connectivity index (χ1v) is 12.7. The number of rotatable bonds is 9. The third kappa shape index (κ3) is 8.24. The summed E-state index contributed by atoms with van der Waals surface area (Å²) in [6.07, 6.45) is 5.93. The minimum absolute atomic E-state index is 0.0947. The number of amides is 2. The van der Waals surface area contributed by atoms with Gasteiger partial charge in [-0.3, -0.25) is 9.59 Å². The topological polar surface area (TPSA) is 73.3 Å². The molecule has 0 spiro atoms. The average Bonchev–Trinajstić information content (AvgIpc) is 2.98. The number of aliphatic hydroxyl groups is 1. The number of carbonyl (C=O) groups is 2. The van der Waals surface area contributed by atoms with Crippen LogP contribution in [0, 0.1) is 5.92 Å². The number of aliphatic hydroxyl groups excluding tert-OH is 1. The second kappa shape index (κ2) is 13.4. The molecule has 2 atom stereocenters. The van der Waals surface area contributed by atoms with Crippen molar-refractivity contribution < 1.29 is 19.4 Å². The number of nitrogens with zero attached hydrogens (tertiary/aromatic N) is 3. The molecule has 0 aliphatic carbocycles. The summed E-state index contributed by atoms with van der Waals surface area (Å²) in [5, 5.41) is 11.0.